The molecule has 92 valence electrons. The van der Waals surface area contributed by atoms with Crippen LogP contribution in [-0.2, 0) is 11.2 Å². The van der Waals surface area contributed by atoms with E-state index in [0.29, 0.717) is 0 Å². The summed E-state index contributed by atoms with van der Waals surface area (Å²) in [5.41, 5.74) is 1.03. The lowest BCUT2D eigenvalue weighted by Crippen LogP contribution is -2.44. The number of nitrogens with zero attached hydrogens (tertiary/aromatic N) is 3. The summed E-state index contributed by atoms with van der Waals surface area (Å²) in [7, 11) is 0. The Kier molecular flexibility index (Phi) is 3.71. The van der Waals surface area contributed by atoms with Gasteiger partial charge in [-0.05, 0) is 32.6 Å². The zero-order valence-electron chi connectivity index (χ0n) is 10.5. The maximum atomic E-state index is 11.7. The Balaban J connectivity index is 2.26. The van der Waals surface area contributed by atoms with E-state index < -0.39 is 0 Å². The molecule has 1 aliphatic heterocycles. The van der Waals surface area contributed by atoms with E-state index in [1.165, 1.54) is 0 Å². The number of piperidine rings is 1. The zero-order chi connectivity index (χ0) is 12.3. The Labute approximate surface area is 102 Å². The molecule has 17 heavy (non-hydrogen) atoms. The van der Waals surface area contributed by atoms with Crippen LogP contribution in [0.2, 0.25) is 0 Å². The molecule has 4 nitrogen and oxygen atoms in total. The maximum Gasteiger partial charge on any atom is 0.152 e. The van der Waals surface area contributed by atoms with Crippen molar-refractivity contribution in [3.8, 4) is 0 Å². The molecule has 1 unspecified atom stereocenters. The van der Waals surface area contributed by atoms with Gasteiger partial charge in [-0.2, -0.15) is 0 Å². The molecule has 0 aromatic carbocycles. The molecule has 1 saturated heterocycles. The second-order valence-electron chi connectivity index (χ2n) is 4.54. The van der Waals surface area contributed by atoms with Crippen LogP contribution in [0.5, 0.6) is 0 Å². The van der Waals surface area contributed by atoms with Crippen LogP contribution in [0.1, 0.15) is 38.8 Å². The van der Waals surface area contributed by atoms with Crippen LogP contribution < -0.4 is 4.90 Å². The number of anilines is 1. The van der Waals surface area contributed by atoms with Gasteiger partial charge >= 0.3 is 0 Å². The number of hydrogen-bond acceptors (Lipinski definition) is 4. The first-order valence-electron chi connectivity index (χ1n) is 6.30. The van der Waals surface area contributed by atoms with E-state index in [1.807, 2.05) is 6.07 Å². The van der Waals surface area contributed by atoms with Gasteiger partial charge in [0.25, 0.3) is 0 Å². The van der Waals surface area contributed by atoms with Crippen molar-refractivity contribution in [1.29, 1.82) is 0 Å². The Bertz CT molecular complexity index is 405. The molecular weight excluding hydrogens is 214 g/mol. The number of carbonyl (C=O) groups is 1. The number of Topliss-reactive ketones (excluding diaryl/α,β-unsaturated/α-hetero) is 1. The van der Waals surface area contributed by atoms with Crippen molar-refractivity contribution in [3.63, 3.8) is 0 Å². The minimum Gasteiger partial charge on any atom is -0.346 e. The van der Waals surface area contributed by atoms with Gasteiger partial charge in [0.1, 0.15) is 12.1 Å². The van der Waals surface area contributed by atoms with Crippen LogP contribution in [0.3, 0.4) is 0 Å². The van der Waals surface area contributed by atoms with Gasteiger partial charge < -0.3 is 4.90 Å². The van der Waals surface area contributed by atoms with Gasteiger partial charge in [0.2, 0.25) is 0 Å². The minimum absolute atomic E-state index is 0.00311. The zero-order valence-corrected chi connectivity index (χ0v) is 10.5. The molecule has 0 aliphatic carbocycles. The normalized spacial score (nSPS) is 20.4. The van der Waals surface area contributed by atoms with E-state index in [9.17, 15) is 4.79 Å². The Hall–Kier alpha value is -1.45. The molecule has 0 radical (unpaired) electrons. The summed E-state index contributed by atoms with van der Waals surface area (Å²) < 4.78 is 0. The number of rotatable bonds is 3. The third-order valence-corrected chi connectivity index (χ3v) is 3.34. The summed E-state index contributed by atoms with van der Waals surface area (Å²) in [6, 6.07) is 2.00. The number of carbonyl (C=O) groups excluding carboxylic acids is 1. The topological polar surface area (TPSA) is 46.1 Å². The molecule has 1 atom stereocenters. The number of hydrogen-bond donors (Lipinski definition) is 0. The molecule has 4 heteroatoms. The molecule has 1 aromatic rings. The SMILES string of the molecule is CCc1cc(N2CCCCC2C(C)=O)ncn1. The Morgan fingerprint density at radius 3 is 3.00 bits per heavy atom. The standard InChI is InChI=1S/C13H19N3O/c1-3-11-8-13(15-9-14-11)16-7-5-4-6-12(16)10(2)17/h8-9,12H,3-7H2,1-2H3. The van der Waals surface area contributed by atoms with Gasteiger partial charge in [0.05, 0.1) is 6.04 Å². The Morgan fingerprint density at radius 1 is 1.47 bits per heavy atom. The molecule has 0 amide bonds. The van der Waals surface area contributed by atoms with Crippen LogP contribution >= 0.6 is 0 Å². The second-order valence-corrected chi connectivity index (χ2v) is 4.54. The summed E-state index contributed by atoms with van der Waals surface area (Å²) in [5, 5.41) is 0. The lowest BCUT2D eigenvalue weighted by atomic mass is 9.99. The van der Waals surface area contributed by atoms with Gasteiger partial charge in [0, 0.05) is 18.3 Å². The predicted octanol–water partition coefficient (Wildman–Crippen LogP) is 1.99. The second kappa shape index (κ2) is 5.25. The number of ketones is 1. The van der Waals surface area contributed by atoms with Crippen molar-refractivity contribution >= 4 is 11.6 Å². The molecule has 2 heterocycles. The van der Waals surface area contributed by atoms with Crippen LogP contribution in [0.15, 0.2) is 12.4 Å². The fraction of sp³-hybridized carbons (Fsp3) is 0.615. The fourth-order valence-corrected chi connectivity index (χ4v) is 2.36. The fourth-order valence-electron chi connectivity index (χ4n) is 2.36. The summed E-state index contributed by atoms with van der Waals surface area (Å²) in [4.78, 5) is 22.3. The minimum atomic E-state index is 0.00311. The summed E-state index contributed by atoms with van der Waals surface area (Å²) >= 11 is 0. The molecule has 1 fully saturated rings. The summed E-state index contributed by atoms with van der Waals surface area (Å²) in [6.07, 6.45) is 5.70. The highest BCUT2D eigenvalue weighted by Gasteiger charge is 2.27. The van der Waals surface area contributed by atoms with Crippen LogP contribution in [-0.4, -0.2) is 28.3 Å². The first-order chi connectivity index (χ1) is 8.22. The molecule has 0 N–H and O–H groups in total. The maximum absolute atomic E-state index is 11.7. The first kappa shape index (κ1) is 12.0. The van der Waals surface area contributed by atoms with E-state index in [4.69, 9.17) is 0 Å². The molecule has 0 spiro atoms. The van der Waals surface area contributed by atoms with Crippen molar-refractivity contribution in [3.05, 3.63) is 18.1 Å². The van der Waals surface area contributed by atoms with Crippen molar-refractivity contribution in [2.45, 2.75) is 45.6 Å². The van der Waals surface area contributed by atoms with Gasteiger partial charge in [-0.3, -0.25) is 4.79 Å². The highest BCUT2D eigenvalue weighted by atomic mass is 16.1. The summed E-state index contributed by atoms with van der Waals surface area (Å²) in [6.45, 7) is 4.67. The van der Waals surface area contributed by atoms with Gasteiger partial charge in [-0.25, -0.2) is 9.97 Å². The molecule has 1 aromatic heterocycles. The third kappa shape index (κ3) is 2.62. The summed E-state index contributed by atoms with van der Waals surface area (Å²) in [5.74, 6) is 1.14. The quantitative estimate of drug-likeness (QED) is 0.801. The van der Waals surface area contributed by atoms with Crippen molar-refractivity contribution in [1.82, 2.24) is 9.97 Å². The van der Waals surface area contributed by atoms with E-state index in [0.717, 1.165) is 43.7 Å². The highest BCUT2D eigenvalue weighted by molar-refractivity contribution is 5.84. The highest BCUT2D eigenvalue weighted by Crippen LogP contribution is 2.23. The monoisotopic (exact) mass is 233 g/mol. The van der Waals surface area contributed by atoms with Crippen LogP contribution in [0, 0.1) is 0 Å². The molecule has 1 aliphatic rings. The van der Waals surface area contributed by atoms with Crippen molar-refractivity contribution in [2.75, 3.05) is 11.4 Å². The van der Waals surface area contributed by atoms with Gasteiger partial charge in [0.15, 0.2) is 5.78 Å². The smallest absolute Gasteiger partial charge is 0.152 e. The largest absolute Gasteiger partial charge is 0.346 e. The van der Waals surface area contributed by atoms with E-state index in [2.05, 4.69) is 21.8 Å². The lowest BCUT2D eigenvalue weighted by Gasteiger charge is -2.35. The number of aromatic nitrogens is 2. The van der Waals surface area contributed by atoms with E-state index in [1.54, 1.807) is 13.3 Å². The lowest BCUT2D eigenvalue weighted by molar-refractivity contribution is -0.118. The van der Waals surface area contributed by atoms with Crippen LogP contribution in [0.4, 0.5) is 5.82 Å². The first-order valence-corrected chi connectivity index (χ1v) is 6.30. The van der Waals surface area contributed by atoms with Gasteiger partial charge in [-0.1, -0.05) is 6.92 Å². The average Bonchev–Trinajstić information content (AvgIpc) is 2.39. The third-order valence-electron chi connectivity index (χ3n) is 3.34. The predicted molar refractivity (Wildman–Crippen MR) is 67.1 cm³/mol. The molecule has 0 bridgehead atoms. The average molecular weight is 233 g/mol. The van der Waals surface area contributed by atoms with Crippen molar-refractivity contribution in [2.24, 2.45) is 0 Å². The Morgan fingerprint density at radius 2 is 2.29 bits per heavy atom. The van der Waals surface area contributed by atoms with Crippen LogP contribution in [0.25, 0.3) is 0 Å². The van der Waals surface area contributed by atoms with Crippen molar-refractivity contribution < 1.29 is 4.79 Å². The van der Waals surface area contributed by atoms with Gasteiger partial charge in [-0.15, -0.1) is 0 Å². The molecule has 0 saturated carbocycles. The number of aryl methyl sites for hydroxylation is 1. The molecule has 2 rings (SSSR count). The van der Waals surface area contributed by atoms with E-state index in [-0.39, 0.29) is 11.8 Å². The van der Waals surface area contributed by atoms with E-state index >= 15 is 0 Å². The molecular formula is C13H19N3O.